The van der Waals surface area contributed by atoms with E-state index < -0.39 is 5.60 Å². The van der Waals surface area contributed by atoms with Crippen molar-refractivity contribution in [1.82, 2.24) is 5.32 Å². The summed E-state index contributed by atoms with van der Waals surface area (Å²) in [5.41, 5.74) is -0.468. The van der Waals surface area contributed by atoms with Gasteiger partial charge in [-0.15, -0.1) is 0 Å². The summed E-state index contributed by atoms with van der Waals surface area (Å²) in [6, 6.07) is 0.104. The van der Waals surface area contributed by atoms with Crippen LogP contribution in [-0.2, 0) is 9.53 Å². The molecule has 2 unspecified atom stereocenters. The lowest BCUT2D eigenvalue weighted by Gasteiger charge is -2.38. The molecule has 1 amide bonds. The third-order valence-corrected chi connectivity index (χ3v) is 3.77. The average Bonchev–Trinajstić information content (AvgIpc) is 2.16. The van der Waals surface area contributed by atoms with E-state index in [1.54, 1.807) is 0 Å². The molecular weight excluding hydrogens is 230 g/mol. The second-order valence-corrected chi connectivity index (χ2v) is 6.54. The van der Waals surface area contributed by atoms with Gasteiger partial charge in [-0.3, -0.25) is 4.79 Å². The molecule has 2 saturated carbocycles. The van der Waals surface area contributed by atoms with Crippen LogP contribution in [0.4, 0.5) is 4.79 Å². The minimum Gasteiger partial charge on any atom is -0.444 e. The summed E-state index contributed by atoms with van der Waals surface area (Å²) in [7, 11) is 0. The Bertz CT molecular complexity index is 329. The standard InChI is InChI=1S/C14H23NO3/c1-14(2,3)18-13(17)15-11-7-9-5-4-6-10(8-11)12(9)16/h9-11H,4-8H2,1-3H3,(H,15,17). The van der Waals surface area contributed by atoms with Gasteiger partial charge in [-0.25, -0.2) is 4.79 Å². The molecule has 0 aromatic heterocycles. The Morgan fingerprint density at radius 1 is 1.22 bits per heavy atom. The molecule has 18 heavy (non-hydrogen) atoms. The van der Waals surface area contributed by atoms with Crippen LogP contribution in [0.2, 0.25) is 0 Å². The minimum atomic E-state index is -0.468. The SMILES string of the molecule is CC(C)(C)OC(=O)NC1CC2CCCC(C1)C2=O. The van der Waals surface area contributed by atoms with Crippen molar-refractivity contribution < 1.29 is 14.3 Å². The maximum atomic E-state index is 11.9. The molecule has 0 aromatic carbocycles. The summed E-state index contributed by atoms with van der Waals surface area (Å²) < 4.78 is 5.25. The van der Waals surface area contributed by atoms with Gasteiger partial charge in [0.15, 0.2) is 0 Å². The molecule has 0 spiro atoms. The van der Waals surface area contributed by atoms with Gasteiger partial charge in [-0.05, 0) is 46.5 Å². The molecular formula is C14H23NO3. The first-order valence-corrected chi connectivity index (χ1v) is 6.88. The monoisotopic (exact) mass is 253 g/mol. The largest absolute Gasteiger partial charge is 0.444 e. The van der Waals surface area contributed by atoms with Crippen LogP contribution in [0.1, 0.15) is 52.9 Å². The number of amides is 1. The van der Waals surface area contributed by atoms with Gasteiger partial charge >= 0.3 is 6.09 Å². The molecule has 2 aliphatic rings. The maximum Gasteiger partial charge on any atom is 0.407 e. The quantitative estimate of drug-likeness (QED) is 0.781. The Balaban J connectivity index is 1.88. The number of carbonyl (C=O) groups is 2. The fourth-order valence-corrected chi connectivity index (χ4v) is 3.07. The predicted octanol–water partition coefficient (Wildman–Crippen LogP) is 2.66. The fourth-order valence-electron chi connectivity index (χ4n) is 3.07. The summed E-state index contributed by atoms with van der Waals surface area (Å²) >= 11 is 0. The van der Waals surface area contributed by atoms with E-state index in [4.69, 9.17) is 4.74 Å². The normalized spacial score (nSPS) is 31.9. The molecule has 2 aliphatic carbocycles. The van der Waals surface area contributed by atoms with Crippen molar-refractivity contribution in [2.24, 2.45) is 11.8 Å². The van der Waals surface area contributed by atoms with Crippen LogP contribution in [-0.4, -0.2) is 23.5 Å². The Kier molecular flexibility index (Phi) is 3.64. The molecule has 4 nitrogen and oxygen atoms in total. The van der Waals surface area contributed by atoms with E-state index in [1.165, 1.54) is 0 Å². The van der Waals surface area contributed by atoms with Crippen LogP contribution in [0.25, 0.3) is 0 Å². The highest BCUT2D eigenvalue weighted by Crippen LogP contribution is 2.37. The van der Waals surface area contributed by atoms with E-state index in [-0.39, 0.29) is 24.0 Å². The third-order valence-electron chi connectivity index (χ3n) is 3.77. The lowest BCUT2D eigenvalue weighted by molar-refractivity contribution is -0.132. The average molecular weight is 253 g/mol. The first-order chi connectivity index (χ1) is 8.35. The molecule has 0 aromatic rings. The van der Waals surface area contributed by atoms with Gasteiger partial charge in [0.2, 0.25) is 0 Å². The summed E-state index contributed by atoms with van der Waals surface area (Å²) in [5.74, 6) is 0.748. The Morgan fingerprint density at radius 3 is 2.28 bits per heavy atom. The number of rotatable bonds is 1. The van der Waals surface area contributed by atoms with Crippen molar-refractivity contribution in [3.63, 3.8) is 0 Å². The number of ketones is 1. The van der Waals surface area contributed by atoms with Crippen molar-refractivity contribution >= 4 is 11.9 Å². The van der Waals surface area contributed by atoms with E-state index >= 15 is 0 Å². The highest BCUT2D eigenvalue weighted by Gasteiger charge is 2.39. The zero-order valence-electron chi connectivity index (χ0n) is 11.5. The molecule has 0 radical (unpaired) electrons. The molecule has 2 rings (SSSR count). The first kappa shape index (κ1) is 13.4. The number of fused-ring (bicyclic) bond motifs is 2. The van der Waals surface area contributed by atoms with Gasteiger partial charge in [0.1, 0.15) is 11.4 Å². The third kappa shape index (κ3) is 3.24. The number of Topliss-reactive ketones (excluding diaryl/α,β-unsaturated/α-hetero) is 1. The van der Waals surface area contributed by atoms with Gasteiger partial charge in [-0.1, -0.05) is 6.42 Å². The number of carbonyl (C=O) groups excluding carboxylic acids is 2. The Labute approximate surface area is 108 Å². The summed E-state index contributed by atoms with van der Waals surface area (Å²) in [6.07, 6.45) is 4.34. The second kappa shape index (κ2) is 4.90. The van der Waals surface area contributed by atoms with Gasteiger partial charge in [0.25, 0.3) is 0 Å². The van der Waals surface area contributed by atoms with E-state index in [9.17, 15) is 9.59 Å². The van der Waals surface area contributed by atoms with Crippen molar-refractivity contribution in [2.45, 2.75) is 64.5 Å². The van der Waals surface area contributed by atoms with E-state index in [0.717, 1.165) is 32.1 Å². The highest BCUT2D eigenvalue weighted by atomic mass is 16.6. The molecule has 2 atom stereocenters. The van der Waals surface area contributed by atoms with Crippen LogP contribution in [0.3, 0.4) is 0 Å². The molecule has 1 N–H and O–H groups in total. The molecule has 2 bridgehead atoms. The van der Waals surface area contributed by atoms with Crippen LogP contribution >= 0.6 is 0 Å². The van der Waals surface area contributed by atoms with Crippen molar-refractivity contribution in [3.8, 4) is 0 Å². The van der Waals surface area contributed by atoms with E-state index in [0.29, 0.717) is 5.78 Å². The highest BCUT2D eigenvalue weighted by molar-refractivity contribution is 5.85. The van der Waals surface area contributed by atoms with Crippen LogP contribution in [0.15, 0.2) is 0 Å². The van der Waals surface area contributed by atoms with E-state index in [2.05, 4.69) is 5.32 Å². The maximum absolute atomic E-state index is 11.9. The van der Waals surface area contributed by atoms with Crippen LogP contribution in [0.5, 0.6) is 0 Å². The molecule has 0 heterocycles. The Morgan fingerprint density at radius 2 is 1.78 bits per heavy atom. The molecule has 0 saturated heterocycles. The Hall–Kier alpha value is -1.06. The van der Waals surface area contributed by atoms with Crippen molar-refractivity contribution in [1.29, 1.82) is 0 Å². The number of nitrogens with one attached hydrogen (secondary N) is 1. The van der Waals surface area contributed by atoms with E-state index in [1.807, 2.05) is 20.8 Å². The lowest BCUT2D eigenvalue weighted by Crippen LogP contribution is -2.47. The topological polar surface area (TPSA) is 55.4 Å². The molecule has 4 heteroatoms. The smallest absolute Gasteiger partial charge is 0.407 e. The van der Waals surface area contributed by atoms with Crippen molar-refractivity contribution in [3.05, 3.63) is 0 Å². The summed E-state index contributed by atoms with van der Waals surface area (Å²) in [5, 5.41) is 2.91. The zero-order chi connectivity index (χ0) is 13.3. The predicted molar refractivity (Wildman–Crippen MR) is 68.2 cm³/mol. The summed E-state index contributed by atoms with van der Waals surface area (Å²) in [6.45, 7) is 5.56. The van der Waals surface area contributed by atoms with Gasteiger partial charge in [0, 0.05) is 17.9 Å². The van der Waals surface area contributed by atoms with Crippen molar-refractivity contribution in [2.75, 3.05) is 0 Å². The van der Waals surface area contributed by atoms with Gasteiger partial charge in [-0.2, -0.15) is 0 Å². The number of ether oxygens (including phenoxy) is 1. The first-order valence-electron chi connectivity index (χ1n) is 6.88. The molecule has 102 valence electrons. The second-order valence-electron chi connectivity index (χ2n) is 6.54. The van der Waals surface area contributed by atoms with Crippen LogP contribution in [0, 0.1) is 11.8 Å². The molecule has 0 aliphatic heterocycles. The number of alkyl carbamates (subject to hydrolysis) is 1. The minimum absolute atomic E-state index is 0.104. The number of hydrogen-bond acceptors (Lipinski definition) is 3. The van der Waals surface area contributed by atoms with Gasteiger partial charge in [0.05, 0.1) is 0 Å². The lowest BCUT2D eigenvalue weighted by atomic mass is 9.69. The summed E-state index contributed by atoms with van der Waals surface area (Å²) in [4.78, 5) is 23.6. The zero-order valence-corrected chi connectivity index (χ0v) is 11.5. The van der Waals surface area contributed by atoms with Gasteiger partial charge < -0.3 is 10.1 Å². The fraction of sp³-hybridized carbons (Fsp3) is 0.857. The molecule has 2 fully saturated rings. The van der Waals surface area contributed by atoms with Crippen LogP contribution < -0.4 is 5.32 Å². The number of hydrogen-bond donors (Lipinski definition) is 1.